The van der Waals surface area contributed by atoms with Gasteiger partial charge in [0.2, 0.25) is 0 Å². The van der Waals surface area contributed by atoms with Crippen LogP contribution in [-0.4, -0.2) is 37.8 Å². The van der Waals surface area contributed by atoms with E-state index in [0.717, 1.165) is 0 Å². The molecular formula is C8H14O4. The molecule has 0 spiro atoms. The summed E-state index contributed by atoms with van der Waals surface area (Å²) in [7, 11) is 3.00. The second-order valence-electron chi connectivity index (χ2n) is 2.66. The molecule has 0 saturated heterocycles. The van der Waals surface area contributed by atoms with Crippen LogP contribution in [-0.2, 0) is 14.2 Å². The van der Waals surface area contributed by atoms with Crippen LogP contribution in [0.1, 0.15) is 6.92 Å². The predicted octanol–water partition coefficient (Wildman–Crippen LogP) is 0.269. The summed E-state index contributed by atoms with van der Waals surface area (Å²) in [4.78, 5) is 0. The third-order valence-corrected chi connectivity index (χ3v) is 1.77. The van der Waals surface area contributed by atoms with Crippen molar-refractivity contribution in [3.63, 3.8) is 0 Å². The number of ether oxygens (including phenoxy) is 3. The van der Waals surface area contributed by atoms with Crippen LogP contribution in [0.4, 0.5) is 0 Å². The van der Waals surface area contributed by atoms with Crippen molar-refractivity contribution >= 4 is 0 Å². The van der Waals surface area contributed by atoms with Gasteiger partial charge in [-0.25, -0.2) is 0 Å². The summed E-state index contributed by atoms with van der Waals surface area (Å²) in [6.07, 6.45) is 0.185. The van der Waals surface area contributed by atoms with Gasteiger partial charge in [0.05, 0.1) is 13.2 Å². The van der Waals surface area contributed by atoms with Crippen molar-refractivity contribution in [2.45, 2.75) is 25.4 Å². The number of hydrogen-bond donors (Lipinski definition) is 1. The van der Waals surface area contributed by atoms with E-state index < -0.39 is 12.4 Å². The van der Waals surface area contributed by atoms with Crippen LogP contribution >= 0.6 is 0 Å². The highest BCUT2D eigenvalue weighted by Gasteiger charge is 2.30. The van der Waals surface area contributed by atoms with Crippen LogP contribution in [0.25, 0.3) is 0 Å². The maximum absolute atomic E-state index is 9.50. The summed E-state index contributed by atoms with van der Waals surface area (Å²) in [6.45, 7) is 1.86. The minimum Gasteiger partial charge on any atom is -0.498 e. The third kappa shape index (κ3) is 1.77. The third-order valence-electron chi connectivity index (χ3n) is 1.77. The van der Waals surface area contributed by atoms with Gasteiger partial charge in [-0.2, -0.15) is 0 Å². The fourth-order valence-corrected chi connectivity index (χ4v) is 1.16. The molecule has 3 unspecified atom stereocenters. The predicted molar refractivity (Wildman–Crippen MR) is 42.4 cm³/mol. The summed E-state index contributed by atoms with van der Waals surface area (Å²) >= 11 is 0. The van der Waals surface area contributed by atoms with Gasteiger partial charge in [-0.1, -0.05) is 0 Å². The van der Waals surface area contributed by atoms with E-state index in [2.05, 4.69) is 0 Å². The fourth-order valence-electron chi connectivity index (χ4n) is 1.16. The van der Waals surface area contributed by atoms with E-state index in [0.29, 0.717) is 5.76 Å². The first-order chi connectivity index (χ1) is 5.69. The van der Waals surface area contributed by atoms with E-state index in [4.69, 9.17) is 14.2 Å². The molecule has 0 saturated carbocycles. The topological polar surface area (TPSA) is 47.9 Å². The molecule has 4 heteroatoms. The van der Waals surface area contributed by atoms with Gasteiger partial charge in [0.15, 0.2) is 12.4 Å². The van der Waals surface area contributed by atoms with Gasteiger partial charge in [-0.05, 0) is 13.0 Å². The van der Waals surface area contributed by atoms with Gasteiger partial charge >= 0.3 is 0 Å². The molecule has 4 nitrogen and oxygen atoms in total. The Balaban J connectivity index is 2.72. The van der Waals surface area contributed by atoms with E-state index in [1.807, 2.05) is 6.92 Å². The fraction of sp³-hybridized carbons (Fsp3) is 0.750. The number of rotatable bonds is 2. The molecule has 3 atom stereocenters. The monoisotopic (exact) mass is 174 g/mol. The Morgan fingerprint density at radius 1 is 1.50 bits per heavy atom. The van der Waals surface area contributed by atoms with Gasteiger partial charge in [0.1, 0.15) is 5.76 Å². The van der Waals surface area contributed by atoms with Gasteiger partial charge < -0.3 is 19.3 Å². The van der Waals surface area contributed by atoms with E-state index in [1.54, 1.807) is 6.08 Å². The van der Waals surface area contributed by atoms with Crippen molar-refractivity contribution in [2.75, 3.05) is 14.2 Å². The lowest BCUT2D eigenvalue weighted by Gasteiger charge is -2.29. The van der Waals surface area contributed by atoms with Crippen LogP contribution < -0.4 is 0 Å². The van der Waals surface area contributed by atoms with Crippen molar-refractivity contribution in [3.05, 3.63) is 11.8 Å². The van der Waals surface area contributed by atoms with Gasteiger partial charge in [-0.15, -0.1) is 0 Å². The standard InChI is InChI=1S/C8H14O4/c1-5-4-6(10-2)7(9)8(11-3)12-5/h4-5,7-9H,1-3H3. The zero-order valence-corrected chi connectivity index (χ0v) is 7.48. The van der Waals surface area contributed by atoms with E-state index in [-0.39, 0.29) is 6.10 Å². The Labute approximate surface area is 71.7 Å². The van der Waals surface area contributed by atoms with E-state index in [9.17, 15) is 5.11 Å². The molecule has 70 valence electrons. The Morgan fingerprint density at radius 2 is 2.17 bits per heavy atom. The zero-order valence-electron chi connectivity index (χ0n) is 7.48. The molecule has 0 aromatic rings. The first kappa shape index (κ1) is 9.51. The average Bonchev–Trinajstić information content (AvgIpc) is 2.08. The quantitative estimate of drug-likeness (QED) is 0.652. The lowest BCUT2D eigenvalue weighted by atomic mass is 10.2. The summed E-state index contributed by atoms with van der Waals surface area (Å²) in [6, 6.07) is 0. The maximum atomic E-state index is 9.50. The van der Waals surface area contributed by atoms with E-state index in [1.165, 1.54) is 14.2 Å². The van der Waals surface area contributed by atoms with Gasteiger partial charge in [0.25, 0.3) is 0 Å². The molecule has 0 aromatic heterocycles. The minimum atomic E-state index is -0.823. The Bertz CT molecular complexity index is 178. The van der Waals surface area contributed by atoms with Crippen LogP contribution in [0, 0.1) is 0 Å². The lowest BCUT2D eigenvalue weighted by Crippen LogP contribution is -2.39. The van der Waals surface area contributed by atoms with Crippen molar-refractivity contribution in [2.24, 2.45) is 0 Å². The van der Waals surface area contributed by atoms with Gasteiger partial charge in [0, 0.05) is 7.11 Å². The maximum Gasteiger partial charge on any atom is 0.191 e. The Hall–Kier alpha value is -0.580. The van der Waals surface area contributed by atoms with Crippen molar-refractivity contribution in [1.29, 1.82) is 0 Å². The highest BCUT2D eigenvalue weighted by molar-refractivity contribution is 5.07. The SMILES string of the molecule is COC1=CC(C)OC(OC)C1O. The first-order valence-corrected chi connectivity index (χ1v) is 3.81. The molecule has 0 bridgehead atoms. The Kier molecular flexibility index (Phi) is 3.08. The lowest BCUT2D eigenvalue weighted by molar-refractivity contribution is -0.200. The second kappa shape index (κ2) is 3.89. The molecule has 0 aromatic carbocycles. The second-order valence-corrected chi connectivity index (χ2v) is 2.66. The molecule has 0 amide bonds. The molecule has 1 aliphatic heterocycles. The summed E-state index contributed by atoms with van der Waals surface area (Å²) in [5.41, 5.74) is 0. The molecule has 1 aliphatic rings. The average molecular weight is 174 g/mol. The number of methoxy groups -OCH3 is 2. The molecule has 1 N–H and O–H groups in total. The van der Waals surface area contributed by atoms with Crippen molar-refractivity contribution in [3.8, 4) is 0 Å². The van der Waals surface area contributed by atoms with Crippen molar-refractivity contribution in [1.82, 2.24) is 0 Å². The Morgan fingerprint density at radius 3 is 2.67 bits per heavy atom. The van der Waals surface area contributed by atoms with Crippen LogP contribution in [0.15, 0.2) is 11.8 Å². The number of hydrogen-bond acceptors (Lipinski definition) is 4. The highest BCUT2D eigenvalue weighted by atomic mass is 16.7. The molecule has 0 radical (unpaired) electrons. The van der Waals surface area contributed by atoms with Gasteiger partial charge in [-0.3, -0.25) is 0 Å². The zero-order chi connectivity index (χ0) is 9.14. The van der Waals surface area contributed by atoms with Crippen LogP contribution in [0.2, 0.25) is 0 Å². The summed E-state index contributed by atoms with van der Waals surface area (Å²) in [5.74, 6) is 0.501. The van der Waals surface area contributed by atoms with Crippen LogP contribution in [0.5, 0.6) is 0 Å². The molecule has 1 heterocycles. The molecule has 12 heavy (non-hydrogen) atoms. The van der Waals surface area contributed by atoms with Crippen LogP contribution in [0.3, 0.4) is 0 Å². The molecule has 0 fully saturated rings. The molecular weight excluding hydrogens is 160 g/mol. The normalized spacial score (nSPS) is 36.0. The largest absolute Gasteiger partial charge is 0.498 e. The number of aliphatic hydroxyl groups is 1. The van der Waals surface area contributed by atoms with Crippen molar-refractivity contribution < 1.29 is 19.3 Å². The minimum absolute atomic E-state index is 0.0895. The number of aliphatic hydroxyl groups excluding tert-OH is 1. The smallest absolute Gasteiger partial charge is 0.191 e. The van der Waals surface area contributed by atoms with E-state index >= 15 is 0 Å². The molecule has 0 aliphatic carbocycles. The summed E-state index contributed by atoms with van der Waals surface area (Å²) < 4.78 is 15.1. The molecule has 1 rings (SSSR count). The highest BCUT2D eigenvalue weighted by Crippen LogP contribution is 2.20. The summed E-state index contributed by atoms with van der Waals surface area (Å²) in [5, 5.41) is 9.50. The first-order valence-electron chi connectivity index (χ1n) is 3.81.